The summed E-state index contributed by atoms with van der Waals surface area (Å²) in [5, 5.41) is 18.0. The lowest BCUT2D eigenvalue weighted by Crippen LogP contribution is -2.48. The molecule has 0 bridgehead atoms. The first-order chi connectivity index (χ1) is 31.8. The summed E-state index contributed by atoms with van der Waals surface area (Å²) in [5.41, 5.74) is 0. The van der Waals surface area contributed by atoms with Crippen molar-refractivity contribution in [3.05, 3.63) is 0 Å². The van der Waals surface area contributed by atoms with Crippen molar-refractivity contribution in [2.45, 2.75) is 12.8 Å². The van der Waals surface area contributed by atoms with Gasteiger partial charge in [0.25, 0.3) is 0 Å². The third-order valence-corrected chi connectivity index (χ3v) is 23.3. The van der Waals surface area contributed by atoms with Crippen molar-refractivity contribution in [3.8, 4) is 0 Å². The van der Waals surface area contributed by atoms with Gasteiger partial charge in [0.1, 0.15) is 25.9 Å². The van der Waals surface area contributed by atoms with Crippen LogP contribution in [0.1, 0.15) is 12.8 Å². The maximum atomic E-state index is 8.99. The molecule has 0 aromatic carbocycles. The van der Waals surface area contributed by atoms with Gasteiger partial charge in [-0.3, -0.25) is 9.80 Å². The van der Waals surface area contributed by atoms with E-state index in [1.807, 2.05) is 0 Å². The summed E-state index contributed by atoms with van der Waals surface area (Å²) in [7, 11) is 18.5. The Morgan fingerprint density at radius 2 is 0.500 bits per heavy atom. The van der Waals surface area contributed by atoms with Crippen LogP contribution in [0.2, 0.25) is 0 Å². The number of rotatable bonds is 4. The van der Waals surface area contributed by atoms with Gasteiger partial charge in [-0.05, 0) is 119 Å². The molecule has 378 valence electrons. The van der Waals surface area contributed by atoms with Crippen LogP contribution in [0.15, 0.2) is 0 Å². The predicted octanol–water partition coefficient (Wildman–Crippen LogP) is 3.80. The molecule has 2 N–H and O–H groups in total. The molecule has 0 aliphatic carbocycles. The van der Waals surface area contributed by atoms with Crippen LogP contribution < -0.4 is 0 Å². The van der Waals surface area contributed by atoms with Gasteiger partial charge in [-0.2, -0.15) is 0 Å². The van der Waals surface area contributed by atoms with Crippen LogP contribution >= 0.6 is 138 Å². The van der Waals surface area contributed by atoms with Crippen LogP contribution in [0, 0.1) is 0 Å². The number of hydrogen-bond donors (Lipinski definition) is 2. The van der Waals surface area contributed by atoms with E-state index in [-0.39, 0.29) is 13.2 Å². The topological polar surface area (TPSA) is 79.3 Å². The summed E-state index contributed by atoms with van der Waals surface area (Å²) >= 11 is 33.3. The van der Waals surface area contributed by atoms with Crippen LogP contribution in [-0.4, -0.2) is 307 Å². The molecule has 66 heavy (non-hydrogen) atoms. The van der Waals surface area contributed by atoms with Crippen molar-refractivity contribution in [1.29, 1.82) is 0 Å². The molecule has 6 aliphatic rings. The van der Waals surface area contributed by atoms with Gasteiger partial charge in [0.15, 0.2) is 0 Å². The summed E-state index contributed by atoms with van der Waals surface area (Å²) < 4.78 is 5.69. The van der Waals surface area contributed by atoms with Crippen molar-refractivity contribution in [2.24, 2.45) is 0 Å². The van der Waals surface area contributed by atoms with E-state index in [0.717, 1.165) is 196 Å². The third-order valence-electron chi connectivity index (χ3n) is 12.1. The van der Waals surface area contributed by atoms with Crippen LogP contribution in [0.3, 0.4) is 0 Å². The minimum Gasteiger partial charge on any atom is -0.395 e. The van der Waals surface area contributed by atoms with Crippen molar-refractivity contribution in [3.63, 3.8) is 0 Å². The van der Waals surface area contributed by atoms with Crippen LogP contribution in [-0.2, 0) is 0 Å². The Morgan fingerprint density at radius 1 is 0.303 bits per heavy atom. The molecule has 0 unspecified atom stereocenters. The molecule has 0 spiro atoms. The lowest BCUT2D eigenvalue weighted by molar-refractivity contribution is 0.149. The summed E-state index contributed by atoms with van der Waals surface area (Å²) in [6.45, 7) is 26.6. The van der Waals surface area contributed by atoms with E-state index in [1.54, 1.807) is 64.8 Å². The number of thiocarbonyl (C=S) groups is 6. The second-order valence-electron chi connectivity index (χ2n) is 17.1. The van der Waals surface area contributed by atoms with E-state index in [2.05, 4.69) is 87.0 Å². The highest BCUT2D eigenvalue weighted by molar-refractivity contribution is 8.90. The van der Waals surface area contributed by atoms with E-state index < -0.39 is 0 Å². The lowest BCUT2D eigenvalue weighted by atomic mass is 10.3. The molecule has 0 radical (unpaired) electrons. The Kier molecular flexibility index (Phi) is 30.5. The first-order valence-electron chi connectivity index (χ1n) is 22.9. The second-order valence-corrected chi connectivity index (χ2v) is 27.3. The van der Waals surface area contributed by atoms with Gasteiger partial charge in [-0.15, -0.1) is 0 Å². The van der Waals surface area contributed by atoms with Gasteiger partial charge < -0.3 is 59.2 Å². The summed E-state index contributed by atoms with van der Waals surface area (Å²) in [5.74, 6) is 0. The zero-order valence-electron chi connectivity index (χ0n) is 39.4. The van der Waals surface area contributed by atoms with Crippen LogP contribution in [0.5, 0.6) is 0 Å². The van der Waals surface area contributed by atoms with E-state index in [9.17, 15) is 0 Å². The number of aliphatic hydroxyl groups is 2. The number of piperazine rings is 4. The SMILES string of the molecule is CN1CCCN(C(=S)SSC(=S)N2CCCN(C)CC2)CC1.CN1CCN(C(=S)SSC(=S)N2CCN(C)CC2)CC1.OCCN1CCN(C(=S)SSC(=S)N2CCN(CCO)CC2)CC1. The Labute approximate surface area is 453 Å². The monoisotopic (exact) mass is 1140 g/mol. The molecule has 6 saturated heterocycles. The van der Waals surface area contributed by atoms with Crippen molar-refractivity contribution in [2.75, 3.05) is 212 Å². The Hall–Kier alpha value is 1.12. The molecule has 0 saturated carbocycles. The average molecular weight is 1140 g/mol. The molecule has 6 aliphatic heterocycles. The molecule has 0 aromatic rings. The third kappa shape index (κ3) is 22.9. The first kappa shape index (κ1) is 59.7. The first-order valence-corrected chi connectivity index (χ1v) is 31.8. The fraction of sp³-hybridized carbons (Fsp3) is 0.850. The molecule has 0 aromatic heterocycles. The van der Waals surface area contributed by atoms with Crippen LogP contribution in [0.4, 0.5) is 0 Å². The number of aliphatic hydroxyl groups excluding tert-OH is 2. The van der Waals surface area contributed by atoms with Gasteiger partial charge in [0.2, 0.25) is 0 Å². The molecule has 6 fully saturated rings. The maximum Gasteiger partial charge on any atom is 0.147 e. The zero-order chi connectivity index (χ0) is 47.8. The average Bonchev–Trinajstić information content (AvgIpc) is 3.69. The molecule has 0 atom stereocenters. The fourth-order valence-electron chi connectivity index (χ4n) is 7.56. The number of likely N-dealkylation sites (N-methyl/N-ethyl adjacent to an activating group) is 4. The number of β-amino-alcohol motifs (C(OH)–C–C–N with tert-alkyl or cyclic N) is 2. The van der Waals surface area contributed by atoms with Gasteiger partial charge in [-0.1, -0.05) is 73.3 Å². The van der Waals surface area contributed by atoms with Crippen molar-refractivity contribution in [1.82, 2.24) is 58.8 Å². The molecule has 6 heterocycles. The minimum atomic E-state index is 0.217. The molecule has 14 nitrogen and oxygen atoms in total. The summed E-state index contributed by atoms with van der Waals surface area (Å²) in [6, 6.07) is 0. The highest BCUT2D eigenvalue weighted by Gasteiger charge is 2.24. The van der Waals surface area contributed by atoms with Crippen molar-refractivity contribution >= 4 is 164 Å². The summed E-state index contributed by atoms with van der Waals surface area (Å²) in [4.78, 5) is 27.6. The quantitative estimate of drug-likeness (QED) is 0.317. The normalized spacial score (nSPS) is 21.5. The maximum absolute atomic E-state index is 8.99. The Morgan fingerprint density at radius 3 is 0.727 bits per heavy atom. The van der Waals surface area contributed by atoms with Gasteiger partial charge >= 0.3 is 0 Å². The fourth-order valence-corrected chi connectivity index (χ4v) is 15.8. The zero-order valence-corrected chi connectivity index (χ0v) is 49.2. The number of hydrogen-bond acceptors (Lipinski definition) is 20. The van der Waals surface area contributed by atoms with Gasteiger partial charge in [0.05, 0.1) is 13.2 Å². The van der Waals surface area contributed by atoms with E-state index in [0.29, 0.717) is 0 Å². The van der Waals surface area contributed by atoms with Gasteiger partial charge in [0, 0.05) is 157 Å². The highest BCUT2D eigenvalue weighted by atomic mass is 33.1. The van der Waals surface area contributed by atoms with Gasteiger partial charge in [-0.25, -0.2) is 0 Å². The van der Waals surface area contributed by atoms with Crippen molar-refractivity contribution < 1.29 is 10.2 Å². The molecule has 0 amide bonds. The number of nitrogens with zero attached hydrogens (tertiary/aromatic N) is 12. The summed E-state index contributed by atoms with van der Waals surface area (Å²) in [6.07, 6.45) is 2.37. The molecular formula is C40H74N12O2S12. The second kappa shape index (κ2) is 33.8. The molecular weight excluding hydrogens is 1070 g/mol. The van der Waals surface area contributed by atoms with E-state index >= 15 is 0 Å². The standard InChI is InChI=1S/C14H26N4O2S4.C14H26N4S4.C12H22N4S4/c19-11-9-15-1-5-17(6-2-15)13(21)23-24-14(22)18-7-3-16(4-8-18)10-12-20;1-15-5-3-7-17(11-9-15)13(19)21-22-14(20)18-8-4-6-16(2)10-12-18;1-13-3-7-15(8-4-13)11(17)19-20-12(18)16-9-5-14(2)6-10-16/h19-20H,1-12H2;3-12H2,1-2H3;3-10H2,1-2H3. The van der Waals surface area contributed by atoms with E-state index in [4.69, 9.17) is 83.5 Å². The van der Waals surface area contributed by atoms with E-state index in [1.165, 1.54) is 12.8 Å². The predicted molar refractivity (Wildman–Crippen MR) is 317 cm³/mol. The minimum absolute atomic E-state index is 0.217. The lowest BCUT2D eigenvalue weighted by Gasteiger charge is -2.36. The van der Waals surface area contributed by atoms with Crippen LogP contribution in [0.25, 0.3) is 0 Å². The molecule has 6 rings (SSSR count). The smallest absolute Gasteiger partial charge is 0.147 e. The largest absolute Gasteiger partial charge is 0.395 e. The Balaban J connectivity index is 0.000000217. The Bertz CT molecular complexity index is 1390. The molecule has 26 heteroatoms. The highest BCUT2D eigenvalue weighted by Crippen LogP contribution is 2.31.